The number of aromatic nitrogens is 1. The molecule has 146 valence electrons. The van der Waals surface area contributed by atoms with Crippen molar-refractivity contribution in [3.05, 3.63) is 62.9 Å². The topological polar surface area (TPSA) is 80.6 Å². The number of ketones is 1. The Morgan fingerprint density at radius 3 is 2.75 bits per heavy atom. The molecule has 0 fully saturated rings. The maximum atomic E-state index is 12.5. The summed E-state index contributed by atoms with van der Waals surface area (Å²) in [5.74, 6) is 0.536. The molecule has 1 aromatic heterocycles. The molecule has 0 spiro atoms. The molecule has 28 heavy (non-hydrogen) atoms. The summed E-state index contributed by atoms with van der Waals surface area (Å²) >= 11 is 12.0. The molecule has 3 rings (SSSR count). The molecule has 1 atom stereocenters. The van der Waals surface area contributed by atoms with E-state index in [1.54, 1.807) is 18.3 Å². The number of pyridine rings is 1. The molecule has 1 aliphatic heterocycles. The Kier molecular flexibility index (Phi) is 6.31. The van der Waals surface area contributed by atoms with E-state index in [-0.39, 0.29) is 18.1 Å². The third-order valence-corrected chi connectivity index (χ3v) is 5.28. The summed E-state index contributed by atoms with van der Waals surface area (Å²) in [4.78, 5) is 32.5. The van der Waals surface area contributed by atoms with Gasteiger partial charge >= 0.3 is 6.09 Å². The summed E-state index contributed by atoms with van der Waals surface area (Å²) in [7, 11) is 1.29. The lowest BCUT2D eigenvalue weighted by molar-refractivity contribution is -0.118. The standard InChI is InChI=1S/C20H19Cl2N3O3/c1-11(12-3-4-17(21)18(22)7-12)5-15(26)8-14-6-13-9-24-19(16(13)10-23-14)25-20(27)28-2/h3-4,6-7,10-11H,5,8-9H2,1-2H3,(H,24,25,27)/t11-/m0/s1. The number of alkyl carbamates (subject to hydrolysis) is 1. The Morgan fingerprint density at radius 2 is 2.04 bits per heavy atom. The number of nitrogens with zero attached hydrogens (tertiary/aromatic N) is 2. The van der Waals surface area contributed by atoms with Gasteiger partial charge in [-0.15, -0.1) is 0 Å². The Balaban J connectivity index is 1.62. The number of hydrogen-bond donors (Lipinski definition) is 1. The minimum atomic E-state index is -0.581. The third kappa shape index (κ3) is 4.69. The molecule has 1 aromatic carbocycles. The Labute approximate surface area is 172 Å². The van der Waals surface area contributed by atoms with Gasteiger partial charge in [-0.2, -0.15) is 0 Å². The molecule has 0 bridgehead atoms. The van der Waals surface area contributed by atoms with Crippen molar-refractivity contribution < 1.29 is 14.3 Å². The number of halogens is 2. The predicted molar refractivity (Wildman–Crippen MR) is 108 cm³/mol. The van der Waals surface area contributed by atoms with E-state index in [4.69, 9.17) is 23.2 Å². The SMILES string of the molecule is COC(=O)NC1=NCc2cc(CC(=O)C[C@H](C)c3ccc(Cl)c(Cl)c3)ncc21. The molecule has 0 saturated carbocycles. The fourth-order valence-electron chi connectivity index (χ4n) is 3.04. The van der Waals surface area contributed by atoms with Gasteiger partial charge in [-0.3, -0.25) is 20.1 Å². The quantitative estimate of drug-likeness (QED) is 0.782. The number of ether oxygens (including phenoxy) is 1. The van der Waals surface area contributed by atoms with Gasteiger partial charge in [0, 0.05) is 30.3 Å². The number of hydrogen-bond acceptors (Lipinski definition) is 5. The van der Waals surface area contributed by atoms with Crippen LogP contribution in [0.1, 0.15) is 41.6 Å². The Hall–Kier alpha value is -2.44. The van der Waals surface area contributed by atoms with Crippen molar-refractivity contribution in [2.24, 2.45) is 4.99 Å². The first-order chi connectivity index (χ1) is 13.4. The summed E-state index contributed by atoms with van der Waals surface area (Å²) in [6.07, 6.45) is 1.66. The van der Waals surface area contributed by atoms with Crippen molar-refractivity contribution in [2.45, 2.75) is 32.2 Å². The summed E-state index contributed by atoms with van der Waals surface area (Å²) in [5, 5.41) is 3.54. The van der Waals surface area contributed by atoms with Crippen molar-refractivity contribution >= 4 is 40.9 Å². The van der Waals surface area contributed by atoms with Crippen LogP contribution in [-0.2, 0) is 22.5 Å². The van der Waals surface area contributed by atoms with Gasteiger partial charge < -0.3 is 4.74 Å². The van der Waals surface area contributed by atoms with E-state index in [1.165, 1.54) is 7.11 Å². The monoisotopic (exact) mass is 419 g/mol. The van der Waals surface area contributed by atoms with E-state index in [9.17, 15) is 9.59 Å². The lowest BCUT2D eigenvalue weighted by Crippen LogP contribution is -2.30. The molecule has 2 aromatic rings. The molecular formula is C20H19Cl2N3O3. The average molecular weight is 420 g/mol. The van der Waals surface area contributed by atoms with Crippen LogP contribution in [0.2, 0.25) is 10.0 Å². The number of benzene rings is 1. The van der Waals surface area contributed by atoms with Crippen LogP contribution in [0.3, 0.4) is 0 Å². The largest absolute Gasteiger partial charge is 0.453 e. The number of amides is 1. The van der Waals surface area contributed by atoms with E-state index in [2.05, 4.69) is 20.0 Å². The van der Waals surface area contributed by atoms with E-state index < -0.39 is 6.09 Å². The summed E-state index contributed by atoms with van der Waals surface area (Å²) < 4.78 is 4.58. The molecule has 8 heteroatoms. The molecule has 1 amide bonds. The molecule has 0 radical (unpaired) electrons. The van der Waals surface area contributed by atoms with E-state index in [0.717, 1.165) is 16.7 Å². The summed E-state index contributed by atoms with van der Waals surface area (Å²) in [6, 6.07) is 7.27. The minimum absolute atomic E-state index is 0.0240. The van der Waals surface area contributed by atoms with Gasteiger partial charge in [-0.25, -0.2) is 4.79 Å². The number of aliphatic imine (C=N–C) groups is 1. The lowest BCUT2D eigenvalue weighted by Gasteiger charge is -2.12. The normalized spacial score (nSPS) is 13.5. The highest BCUT2D eigenvalue weighted by atomic mass is 35.5. The number of nitrogens with one attached hydrogen (secondary N) is 1. The Bertz CT molecular complexity index is 960. The van der Waals surface area contributed by atoms with Crippen molar-refractivity contribution in [1.82, 2.24) is 10.3 Å². The van der Waals surface area contributed by atoms with Gasteiger partial charge in [0.25, 0.3) is 0 Å². The number of Topliss-reactive ketones (excluding diaryl/α,β-unsaturated/α-hetero) is 1. The zero-order chi connectivity index (χ0) is 20.3. The van der Waals surface area contributed by atoms with Crippen LogP contribution in [0.5, 0.6) is 0 Å². The van der Waals surface area contributed by atoms with Gasteiger partial charge in [0.15, 0.2) is 0 Å². The van der Waals surface area contributed by atoms with Crippen LogP contribution in [0.15, 0.2) is 35.5 Å². The highest BCUT2D eigenvalue weighted by molar-refractivity contribution is 6.42. The molecule has 1 aliphatic rings. The second kappa shape index (κ2) is 8.71. The maximum absolute atomic E-state index is 12.5. The zero-order valence-corrected chi connectivity index (χ0v) is 17.0. The van der Waals surface area contributed by atoms with Gasteiger partial charge in [0.1, 0.15) is 11.6 Å². The van der Waals surface area contributed by atoms with Gasteiger partial charge in [0.05, 0.1) is 23.7 Å². The van der Waals surface area contributed by atoms with Crippen molar-refractivity contribution in [2.75, 3.05) is 7.11 Å². The highest BCUT2D eigenvalue weighted by Crippen LogP contribution is 2.28. The minimum Gasteiger partial charge on any atom is -0.453 e. The number of rotatable bonds is 5. The van der Waals surface area contributed by atoms with Crippen molar-refractivity contribution in [3.63, 3.8) is 0 Å². The van der Waals surface area contributed by atoms with E-state index in [0.29, 0.717) is 34.5 Å². The molecule has 0 unspecified atom stereocenters. The summed E-state index contributed by atoms with van der Waals surface area (Å²) in [5.41, 5.74) is 3.31. The number of fused-ring (bicyclic) bond motifs is 1. The van der Waals surface area contributed by atoms with Crippen LogP contribution < -0.4 is 5.32 Å². The molecule has 6 nitrogen and oxygen atoms in total. The van der Waals surface area contributed by atoms with Crippen molar-refractivity contribution in [3.8, 4) is 0 Å². The highest BCUT2D eigenvalue weighted by Gasteiger charge is 2.20. The van der Waals surface area contributed by atoms with Gasteiger partial charge in [-0.1, -0.05) is 36.2 Å². The molecular weight excluding hydrogens is 401 g/mol. The summed E-state index contributed by atoms with van der Waals surface area (Å²) in [6.45, 7) is 2.41. The first-order valence-corrected chi connectivity index (χ1v) is 9.47. The van der Waals surface area contributed by atoms with E-state index in [1.807, 2.05) is 19.1 Å². The second-order valence-electron chi connectivity index (χ2n) is 6.61. The Morgan fingerprint density at radius 1 is 1.25 bits per heavy atom. The zero-order valence-electron chi connectivity index (χ0n) is 15.5. The second-order valence-corrected chi connectivity index (χ2v) is 7.42. The molecule has 2 heterocycles. The smallest absolute Gasteiger partial charge is 0.412 e. The third-order valence-electron chi connectivity index (χ3n) is 4.54. The first-order valence-electron chi connectivity index (χ1n) is 8.71. The van der Waals surface area contributed by atoms with Crippen LogP contribution in [-0.4, -0.2) is 29.8 Å². The maximum Gasteiger partial charge on any atom is 0.412 e. The van der Waals surface area contributed by atoms with Gasteiger partial charge in [0.2, 0.25) is 0 Å². The van der Waals surface area contributed by atoms with Crippen LogP contribution >= 0.6 is 23.2 Å². The first kappa shape index (κ1) is 20.3. The van der Waals surface area contributed by atoms with Crippen LogP contribution in [0.4, 0.5) is 4.79 Å². The number of methoxy groups -OCH3 is 1. The fraction of sp³-hybridized carbons (Fsp3) is 0.300. The number of amidine groups is 1. The molecule has 0 aliphatic carbocycles. The fourth-order valence-corrected chi connectivity index (χ4v) is 3.35. The average Bonchev–Trinajstić information content (AvgIpc) is 3.05. The molecule has 0 saturated heterocycles. The van der Waals surface area contributed by atoms with Gasteiger partial charge in [-0.05, 0) is 35.2 Å². The predicted octanol–water partition coefficient (Wildman–Crippen LogP) is 4.31. The molecule has 1 N–H and O–H groups in total. The lowest BCUT2D eigenvalue weighted by atomic mass is 9.94. The van der Waals surface area contributed by atoms with Crippen LogP contribution in [0.25, 0.3) is 0 Å². The number of carbonyl (C=O) groups excluding carboxylic acids is 2. The number of carbonyl (C=O) groups is 2. The van der Waals surface area contributed by atoms with E-state index >= 15 is 0 Å². The van der Waals surface area contributed by atoms with Crippen molar-refractivity contribution in [1.29, 1.82) is 0 Å². The van der Waals surface area contributed by atoms with Crippen LogP contribution in [0, 0.1) is 0 Å².